The lowest BCUT2D eigenvalue weighted by atomic mass is 10.1. The van der Waals surface area contributed by atoms with E-state index in [1.165, 1.54) is 11.9 Å². The normalized spacial score (nSPS) is 17.7. The number of nitrogens with two attached hydrogens (primary N) is 1. The third-order valence-corrected chi connectivity index (χ3v) is 3.63. The lowest BCUT2D eigenvalue weighted by Gasteiger charge is -2.22. The number of nitrogens with zero attached hydrogens (tertiary/aromatic N) is 4. The third kappa shape index (κ3) is 4.06. The van der Waals surface area contributed by atoms with Crippen molar-refractivity contribution in [3.05, 3.63) is 60.1 Å². The van der Waals surface area contributed by atoms with Gasteiger partial charge in [0.2, 0.25) is 0 Å². The molecule has 2 aliphatic heterocycles. The molecule has 0 saturated carbocycles. The summed E-state index contributed by atoms with van der Waals surface area (Å²) in [6.07, 6.45) is 10.9. The summed E-state index contributed by atoms with van der Waals surface area (Å²) in [6.45, 7) is 4.98. The summed E-state index contributed by atoms with van der Waals surface area (Å²) >= 11 is 0. The van der Waals surface area contributed by atoms with Gasteiger partial charge in [0.05, 0.1) is 12.2 Å². The van der Waals surface area contributed by atoms with E-state index < -0.39 is 0 Å². The van der Waals surface area contributed by atoms with E-state index in [9.17, 15) is 0 Å². The van der Waals surface area contributed by atoms with Crippen LogP contribution in [0.5, 0.6) is 0 Å². The van der Waals surface area contributed by atoms with E-state index >= 15 is 0 Å². The van der Waals surface area contributed by atoms with Crippen LogP contribution in [0.1, 0.15) is 5.56 Å². The zero-order valence-corrected chi connectivity index (χ0v) is 13.5. The number of rotatable bonds is 3. The van der Waals surface area contributed by atoms with Crippen LogP contribution in [0.15, 0.2) is 59.6 Å². The number of hydrogen-bond donors (Lipinski definition) is 2. The highest BCUT2D eigenvalue weighted by molar-refractivity contribution is 5.82. The van der Waals surface area contributed by atoms with Gasteiger partial charge < -0.3 is 16.0 Å². The van der Waals surface area contributed by atoms with Crippen LogP contribution < -0.4 is 5.73 Å². The Balaban J connectivity index is 0.000000185. The molecule has 2 aliphatic rings. The Hall–Kier alpha value is -2.89. The van der Waals surface area contributed by atoms with E-state index in [1.54, 1.807) is 18.3 Å². The van der Waals surface area contributed by atoms with Crippen molar-refractivity contribution in [1.29, 1.82) is 5.41 Å². The number of nitrogen functional groups attached to an aromatic ring is 1. The van der Waals surface area contributed by atoms with Crippen molar-refractivity contribution in [3.63, 3.8) is 0 Å². The Morgan fingerprint density at radius 2 is 2.30 bits per heavy atom. The van der Waals surface area contributed by atoms with E-state index in [0.717, 1.165) is 12.2 Å². The summed E-state index contributed by atoms with van der Waals surface area (Å²) in [5.41, 5.74) is 8.35. The van der Waals surface area contributed by atoms with Crippen LogP contribution in [0.4, 0.5) is 5.82 Å². The molecule has 1 aromatic rings. The first-order chi connectivity index (χ1) is 11.0. The van der Waals surface area contributed by atoms with Crippen LogP contribution >= 0.6 is 0 Å². The highest BCUT2D eigenvalue weighted by Crippen LogP contribution is 2.27. The summed E-state index contributed by atoms with van der Waals surface area (Å²) in [6, 6.07) is 3.49. The molecule has 0 aromatic carbocycles. The number of anilines is 1. The topological polar surface area (TPSA) is 81.6 Å². The van der Waals surface area contributed by atoms with Crippen molar-refractivity contribution in [1.82, 2.24) is 14.9 Å². The van der Waals surface area contributed by atoms with Crippen molar-refractivity contribution >= 4 is 18.2 Å². The van der Waals surface area contributed by atoms with Gasteiger partial charge in [-0.2, -0.15) is 5.10 Å². The van der Waals surface area contributed by atoms with Crippen molar-refractivity contribution in [3.8, 4) is 0 Å². The van der Waals surface area contributed by atoms with E-state index in [2.05, 4.69) is 33.7 Å². The van der Waals surface area contributed by atoms with E-state index in [-0.39, 0.29) is 0 Å². The minimum absolute atomic E-state index is 0.389. The molecule has 1 unspecified atom stereocenters. The zero-order valence-electron chi connectivity index (χ0n) is 13.5. The Morgan fingerprint density at radius 3 is 2.87 bits per heavy atom. The fraction of sp³-hybridized carbons (Fsp3) is 0.235. The monoisotopic (exact) mass is 310 g/mol. The first-order valence-electron chi connectivity index (χ1n) is 7.30. The second-order valence-corrected chi connectivity index (χ2v) is 5.41. The fourth-order valence-corrected chi connectivity index (χ4v) is 2.24. The first-order valence-corrected chi connectivity index (χ1v) is 7.30. The first kappa shape index (κ1) is 16.5. The number of nitrogens with one attached hydrogen (secondary N) is 1. The highest BCUT2D eigenvalue weighted by atomic mass is 15.5. The molecule has 3 rings (SSSR count). The molecule has 0 amide bonds. The van der Waals surface area contributed by atoms with Gasteiger partial charge in [0.1, 0.15) is 5.82 Å². The average molecular weight is 310 g/mol. The molecule has 0 saturated heterocycles. The second-order valence-electron chi connectivity index (χ2n) is 5.41. The Labute approximate surface area is 136 Å². The van der Waals surface area contributed by atoms with Gasteiger partial charge in [-0.05, 0) is 30.4 Å². The molecule has 0 spiro atoms. The summed E-state index contributed by atoms with van der Waals surface area (Å²) < 4.78 is 0. The van der Waals surface area contributed by atoms with Crippen LogP contribution in [0, 0.1) is 11.3 Å². The van der Waals surface area contributed by atoms with Crippen molar-refractivity contribution < 1.29 is 0 Å². The minimum Gasteiger partial charge on any atom is -0.383 e. The van der Waals surface area contributed by atoms with Crippen molar-refractivity contribution in [2.75, 3.05) is 26.4 Å². The minimum atomic E-state index is 0.389. The van der Waals surface area contributed by atoms with Gasteiger partial charge in [0, 0.05) is 49.9 Å². The lowest BCUT2D eigenvalue weighted by molar-refractivity contribution is 0.357. The van der Waals surface area contributed by atoms with Crippen LogP contribution in [-0.2, 0) is 0 Å². The fourth-order valence-electron chi connectivity index (χ4n) is 2.24. The summed E-state index contributed by atoms with van der Waals surface area (Å²) in [5, 5.41) is 13.1. The largest absolute Gasteiger partial charge is 0.383 e. The average Bonchev–Trinajstić information content (AvgIpc) is 2.99. The zero-order chi connectivity index (χ0) is 16.8. The predicted octanol–water partition coefficient (Wildman–Crippen LogP) is 2.09. The van der Waals surface area contributed by atoms with Crippen LogP contribution in [0.2, 0.25) is 0 Å². The number of pyridine rings is 1. The molecular formula is C17H22N6. The number of hydrogen-bond acceptors (Lipinski definition) is 6. The Bertz CT molecular complexity index is 671. The van der Waals surface area contributed by atoms with Crippen molar-refractivity contribution in [2.24, 2.45) is 11.0 Å². The van der Waals surface area contributed by atoms with Gasteiger partial charge in [-0.3, -0.25) is 5.01 Å². The molecule has 1 aromatic heterocycles. The molecule has 0 aliphatic carbocycles. The second kappa shape index (κ2) is 7.40. The smallest absolute Gasteiger partial charge is 0.132 e. The molecule has 3 N–H and O–H groups in total. The Morgan fingerprint density at radius 1 is 1.52 bits per heavy atom. The summed E-state index contributed by atoms with van der Waals surface area (Å²) in [5.74, 6) is 0.799. The van der Waals surface area contributed by atoms with Crippen LogP contribution in [0.25, 0.3) is 0 Å². The molecule has 0 bridgehead atoms. The van der Waals surface area contributed by atoms with Gasteiger partial charge in [-0.15, -0.1) is 0 Å². The molecule has 0 fully saturated rings. The molecule has 6 nitrogen and oxygen atoms in total. The molecule has 120 valence electrons. The molecule has 3 heterocycles. The molecule has 0 radical (unpaired) electrons. The standard InChI is InChI=1S/C11H15N3.C6H7N3/c1-9(13(2)3)10-7-11-5-4-6-12-14(11)8-10;7-4-5-2-1-3-9-6(5)8/h4-7,10H,1,8H2,2-3H3;1-4,7H,(H2,8,9). The third-order valence-electron chi connectivity index (χ3n) is 3.63. The Kier molecular flexibility index (Phi) is 5.30. The van der Waals surface area contributed by atoms with Gasteiger partial charge in [0.25, 0.3) is 0 Å². The maximum atomic E-state index is 6.84. The SMILES string of the molecule is C=C(C1C=C2C=CC=NN2C1)N(C)C.N=Cc1cccnc1N. The van der Waals surface area contributed by atoms with Crippen LogP contribution in [0.3, 0.4) is 0 Å². The number of allylic oxidation sites excluding steroid dienone is 2. The lowest BCUT2D eigenvalue weighted by Crippen LogP contribution is -2.22. The van der Waals surface area contributed by atoms with Gasteiger partial charge >= 0.3 is 0 Å². The van der Waals surface area contributed by atoms with Crippen LogP contribution in [-0.4, -0.2) is 48.0 Å². The number of hydrazone groups is 1. The van der Waals surface area contributed by atoms with E-state index in [4.69, 9.17) is 11.1 Å². The van der Waals surface area contributed by atoms with E-state index in [0.29, 0.717) is 17.3 Å². The van der Waals surface area contributed by atoms with Gasteiger partial charge in [-0.1, -0.05) is 6.58 Å². The van der Waals surface area contributed by atoms with Gasteiger partial charge in [0.15, 0.2) is 0 Å². The quantitative estimate of drug-likeness (QED) is 0.838. The number of fused-ring (bicyclic) bond motifs is 1. The summed E-state index contributed by atoms with van der Waals surface area (Å²) in [7, 11) is 4.05. The predicted molar refractivity (Wildman–Crippen MR) is 95.3 cm³/mol. The highest BCUT2D eigenvalue weighted by Gasteiger charge is 2.25. The molecule has 23 heavy (non-hydrogen) atoms. The van der Waals surface area contributed by atoms with E-state index in [1.807, 2.05) is 31.4 Å². The molecule has 6 heteroatoms. The number of aromatic nitrogens is 1. The molecule has 1 atom stereocenters. The maximum absolute atomic E-state index is 6.84. The van der Waals surface area contributed by atoms with Crippen molar-refractivity contribution in [2.45, 2.75) is 0 Å². The summed E-state index contributed by atoms with van der Waals surface area (Å²) in [4.78, 5) is 5.84. The molecular weight excluding hydrogens is 288 g/mol. The van der Waals surface area contributed by atoms with Gasteiger partial charge in [-0.25, -0.2) is 4.98 Å². The maximum Gasteiger partial charge on any atom is 0.132 e.